The van der Waals surface area contributed by atoms with Crippen molar-refractivity contribution in [2.45, 2.75) is 30.7 Å². The molecule has 1 saturated heterocycles. The Hall–Kier alpha value is -0.240. The predicted molar refractivity (Wildman–Crippen MR) is 45.6 cm³/mol. The Labute approximate surface area is 82.0 Å². The third-order valence-corrected chi connectivity index (χ3v) is 2.27. The van der Waals surface area contributed by atoms with Gasteiger partial charge < -0.3 is 29.5 Å². The molecule has 1 aliphatic heterocycles. The van der Waals surface area contributed by atoms with Gasteiger partial charge in [0.25, 0.3) is 0 Å². The maximum absolute atomic E-state index is 9.65. The van der Waals surface area contributed by atoms with Crippen molar-refractivity contribution in [3.8, 4) is 0 Å². The third kappa shape index (κ3) is 2.22. The van der Waals surface area contributed by atoms with Crippen molar-refractivity contribution < 1.29 is 29.5 Å². The Balaban J connectivity index is 2.55. The molecule has 1 fully saturated rings. The summed E-state index contributed by atoms with van der Waals surface area (Å²) in [5.41, 5.74) is 0. The first-order valence-corrected chi connectivity index (χ1v) is 4.33. The molecular formula is C8H16O6. The van der Waals surface area contributed by atoms with Gasteiger partial charge in [-0.3, -0.25) is 0 Å². The summed E-state index contributed by atoms with van der Waals surface area (Å²) in [6, 6.07) is 0. The van der Waals surface area contributed by atoms with E-state index in [0.717, 1.165) is 0 Å². The first-order chi connectivity index (χ1) is 6.61. The van der Waals surface area contributed by atoms with Crippen LogP contribution in [0.25, 0.3) is 0 Å². The SMILES string of the molecule is COC(OC)C(O)[C@H]1OCC(O)C1O. The molecule has 4 atom stereocenters. The summed E-state index contributed by atoms with van der Waals surface area (Å²) in [6.07, 6.45) is -4.96. The van der Waals surface area contributed by atoms with Crippen LogP contribution in [0, 0.1) is 0 Å². The molecule has 1 aliphatic rings. The summed E-state index contributed by atoms with van der Waals surface area (Å²) in [5.74, 6) is 0. The van der Waals surface area contributed by atoms with Crippen molar-refractivity contribution in [1.29, 1.82) is 0 Å². The molecule has 6 nitrogen and oxygen atoms in total. The number of aliphatic hydroxyl groups is 3. The lowest BCUT2D eigenvalue weighted by Crippen LogP contribution is -2.46. The first-order valence-electron chi connectivity index (χ1n) is 4.33. The average Bonchev–Trinajstić information content (AvgIpc) is 2.49. The zero-order valence-corrected chi connectivity index (χ0v) is 8.16. The van der Waals surface area contributed by atoms with Gasteiger partial charge in [0.1, 0.15) is 24.4 Å². The molecule has 14 heavy (non-hydrogen) atoms. The van der Waals surface area contributed by atoms with Crippen molar-refractivity contribution in [3.05, 3.63) is 0 Å². The minimum atomic E-state index is -1.13. The summed E-state index contributed by atoms with van der Waals surface area (Å²) >= 11 is 0. The van der Waals surface area contributed by atoms with E-state index in [4.69, 9.17) is 14.2 Å². The van der Waals surface area contributed by atoms with E-state index in [9.17, 15) is 15.3 Å². The largest absolute Gasteiger partial charge is 0.388 e. The molecule has 1 heterocycles. The summed E-state index contributed by atoms with van der Waals surface area (Å²) in [7, 11) is 2.74. The van der Waals surface area contributed by atoms with Gasteiger partial charge in [-0.15, -0.1) is 0 Å². The molecule has 0 saturated carbocycles. The topological polar surface area (TPSA) is 88.4 Å². The number of ether oxygens (including phenoxy) is 3. The van der Waals surface area contributed by atoms with E-state index in [1.54, 1.807) is 0 Å². The molecule has 0 aromatic rings. The standard InChI is InChI=1S/C8H16O6/c1-12-8(13-2)6(11)7-5(10)4(9)3-14-7/h4-11H,3H2,1-2H3/t4?,5?,6?,7-/m0/s1. The van der Waals surface area contributed by atoms with Crippen LogP contribution in [0.1, 0.15) is 0 Å². The molecule has 0 aliphatic carbocycles. The maximum atomic E-state index is 9.65. The minimum absolute atomic E-state index is 0.00302. The van der Waals surface area contributed by atoms with Crippen molar-refractivity contribution in [1.82, 2.24) is 0 Å². The van der Waals surface area contributed by atoms with Gasteiger partial charge in [0.2, 0.25) is 0 Å². The van der Waals surface area contributed by atoms with Crippen LogP contribution in [0.15, 0.2) is 0 Å². The first kappa shape index (κ1) is 11.8. The van der Waals surface area contributed by atoms with E-state index in [1.807, 2.05) is 0 Å². The second-order valence-electron chi connectivity index (χ2n) is 3.19. The number of hydrogen-bond acceptors (Lipinski definition) is 6. The Kier molecular flexibility index (Phi) is 4.24. The van der Waals surface area contributed by atoms with Gasteiger partial charge in [0, 0.05) is 14.2 Å². The molecular weight excluding hydrogens is 192 g/mol. The van der Waals surface area contributed by atoms with E-state index < -0.39 is 30.7 Å². The van der Waals surface area contributed by atoms with Crippen LogP contribution in [-0.4, -0.2) is 66.9 Å². The quantitative estimate of drug-likeness (QED) is 0.467. The van der Waals surface area contributed by atoms with Gasteiger partial charge in [-0.25, -0.2) is 0 Å². The highest BCUT2D eigenvalue weighted by Gasteiger charge is 2.42. The zero-order chi connectivity index (χ0) is 10.7. The maximum Gasteiger partial charge on any atom is 0.185 e. The summed E-state index contributed by atoms with van der Waals surface area (Å²) in [4.78, 5) is 0. The molecule has 3 N–H and O–H groups in total. The van der Waals surface area contributed by atoms with Crippen LogP contribution in [0.5, 0.6) is 0 Å². The molecule has 0 spiro atoms. The van der Waals surface area contributed by atoms with Gasteiger partial charge >= 0.3 is 0 Å². The highest BCUT2D eigenvalue weighted by Crippen LogP contribution is 2.20. The molecule has 0 bridgehead atoms. The second-order valence-corrected chi connectivity index (χ2v) is 3.19. The fourth-order valence-corrected chi connectivity index (χ4v) is 1.46. The van der Waals surface area contributed by atoms with Gasteiger partial charge in [0.05, 0.1) is 6.61 Å². The van der Waals surface area contributed by atoms with Crippen molar-refractivity contribution in [3.63, 3.8) is 0 Å². The van der Waals surface area contributed by atoms with E-state index in [0.29, 0.717) is 0 Å². The molecule has 0 radical (unpaired) electrons. The van der Waals surface area contributed by atoms with Gasteiger partial charge in [0.15, 0.2) is 6.29 Å². The lowest BCUT2D eigenvalue weighted by molar-refractivity contribution is -0.201. The van der Waals surface area contributed by atoms with Crippen LogP contribution in [0.2, 0.25) is 0 Å². The predicted octanol–water partition coefficient (Wildman–Crippen LogP) is -1.91. The molecule has 84 valence electrons. The van der Waals surface area contributed by atoms with Crippen LogP contribution in [0.4, 0.5) is 0 Å². The highest BCUT2D eigenvalue weighted by molar-refractivity contribution is 4.89. The fraction of sp³-hybridized carbons (Fsp3) is 1.00. The van der Waals surface area contributed by atoms with E-state index >= 15 is 0 Å². The molecule has 1 rings (SSSR count). The van der Waals surface area contributed by atoms with Crippen LogP contribution in [0.3, 0.4) is 0 Å². The summed E-state index contributed by atoms with van der Waals surface area (Å²) in [6.45, 7) is 0.00302. The number of rotatable bonds is 4. The monoisotopic (exact) mass is 208 g/mol. The number of methoxy groups -OCH3 is 2. The van der Waals surface area contributed by atoms with Crippen molar-refractivity contribution >= 4 is 0 Å². The van der Waals surface area contributed by atoms with Crippen LogP contribution >= 0.6 is 0 Å². The van der Waals surface area contributed by atoms with E-state index in [1.165, 1.54) is 14.2 Å². The van der Waals surface area contributed by atoms with Crippen molar-refractivity contribution in [2.75, 3.05) is 20.8 Å². The second kappa shape index (κ2) is 5.01. The van der Waals surface area contributed by atoms with Gasteiger partial charge in [-0.05, 0) is 0 Å². The van der Waals surface area contributed by atoms with Crippen LogP contribution < -0.4 is 0 Å². The molecule has 0 aromatic heterocycles. The summed E-state index contributed by atoms with van der Waals surface area (Å²) in [5, 5.41) is 28.2. The number of aliphatic hydroxyl groups excluding tert-OH is 3. The Morgan fingerprint density at radius 1 is 1.29 bits per heavy atom. The van der Waals surface area contributed by atoms with Gasteiger partial charge in [-0.2, -0.15) is 0 Å². The third-order valence-electron chi connectivity index (χ3n) is 2.27. The molecule has 3 unspecified atom stereocenters. The lowest BCUT2D eigenvalue weighted by atomic mass is 10.1. The zero-order valence-electron chi connectivity index (χ0n) is 8.16. The number of hydrogen-bond donors (Lipinski definition) is 3. The van der Waals surface area contributed by atoms with Gasteiger partial charge in [-0.1, -0.05) is 0 Å². The Morgan fingerprint density at radius 3 is 2.21 bits per heavy atom. The molecule has 0 aromatic carbocycles. The minimum Gasteiger partial charge on any atom is -0.388 e. The highest BCUT2D eigenvalue weighted by atomic mass is 16.7. The van der Waals surface area contributed by atoms with Crippen LogP contribution in [-0.2, 0) is 14.2 Å². The molecule has 6 heteroatoms. The summed E-state index contributed by atoms with van der Waals surface area (Å²) < 4.78 is 14.6. The van der Waals surface area contributed by atoms with E-state index in [-0.39, 0.29) is 6.61 Å². The van der Waals surface area contributed by atoms with Crippen molar-refractivity contribution in [2.24, 2.45) is 0 Å². The Bertz CT molecular complexity index is 171. The smallest absolute Gasteiger partial charge is 0.185 e. The Morgan fingerprint density at radius 2 is 1.86 bits per heavy atom. The average molecular weight is 208 g/mol. The lowest BCUT2D eigenvalue weighted by Gasteiger charge is -2.26. The normalized spacial score (nSPS) is 35.1. The molecule has 0 amide bonds. The fourth-order valence-electron chi connectivity index (χ4n) is 1.46. The van der Waals surface area contributed by atoms with E-state index in [2.05, 4.69) is 0 Å².